The molecule has 0 amide bonds. The third-order valence-electron chi connectivity index (χ3n) is 3.99. The van der Waals surface area contributed by atoms with E-state index in [0.29, 0.717) is 0 Å². The van der Waals surface area contributed by atoms with Crippen molar-refractivity contribution in [3.8, 4) is 5.75 Å². The van der Waals surface area contributed by atoms with E-state index in [0.717, 1.165) is 29.3 Å². The molecule has 2 aromatic carbocycles. The molecule has 0 saturated heterocycles. The minimum Gasteiger partial charge on any atom is -0.496 e. The SMILES string of the molecule is COc1ccccc1C(Cc1ccccc1Cl)Cn1ccnc1. The number of methoxy groups -OCH3 is 1. The summed E-state index contributed by atoms with van der Waals surface area (Å²) < 4.78 is 7.65. The molecule has 1 heterocycles. The molecule has 0 N–H and O–H groups in total. The summed E-state index contributed by atoms with van der Waals surface area (Å²) in [5, 5.41) is 0.804. The molecule has 0 aliphatic carbocycles. The summed E-state index contributed by atoms with van der Waals surface area (Å²) in [7, 11) is 1.71. The van der Waals surface area contributed by atoms with Crippen molar-refractivity contribution in [2.75, 3.05) is 7.11 Å². The van der Waals surface area contributed by atoms with Gasteiger partial charge in [-0.05, 0) is 29.7 Å². The fourth-order valence-corrected chi connectivity index (χ4v) is 3.07. The first-order chi connectivity index (χ1) is 11.3. The van der Waals surface area contributed by atoms with Crippen LogP contribution >= 0.6 is 11.6 Å². The van der Waals surface area contributed by atoms with Crippen LogP contribution in [0.5, 0.6) is 5.75 Å². The minimum atomic E-state index is 0.250. The Kier molecular flexibility index (Phi) is 4.99. The number of benzene rings is 2. The summed E-state index contributed by atoms with van der Waals surface area (Å²) >= 11 is 6.36. The van der Waals surface area contributed by atoms with E-state index in [-0.39, 0.29) is 5.92 Å². The molecule has 0 radical (unpaired) electrons. The molecule has 1 aromatic heterocycles. The van der Waals surface area contributed by atoms with Crippen molar-refractivity contribution in [3.63, 3.8) is 0 Å². The number of para-hydroxylation sites is 1. The molecule has 3 nitrogen and oxygen atoms in total. The predicted molar refractivity (Wildman–Crippen MR) is 93.1 cm³/mol. The second-order valence-corrected chi connectivity index (χ2v) is 5.90. The highest BCUT2D eigenvalue weighted by molar-refractivity contribution is 6.31. The zero-order chi connectivity index (χ0) is 16.1. The second kappa shape index (κ2) is 7.34. The van der Waals surface area contributed by atoms with Gasteiger partial charge in [0.05, 0.1) is 13.4 Å². The molecule has 0 saturated carbocycles. The van der Waals surface area contributed by atoms with Crippen LogP contribution in [0.3, 0.4) is 0 Å². The van der Waals surface area contributed by atoms with Crippen molar-refractivity contribution in [2.45, 2.75) is 18.9 Å². The summed E-state index contributed by atoms with van der Waals surface area (Å²) in [6.07, 6.45) is 6.47. The molecule has 0 fully saturated rings. The number of hydrogen-bond donors (Lipinski definition) is 0. The van der Waals surface area contributed by atoms with Crippen molar-refractivity contribution in [3.05, 3.63) is 83.4 Å². The molecule has 3 rings (SSSR count). The molecule has 0 spiro atoms. The lowest BCUT2D eigenvalue weighted by Gasteiger charge is -2.21. The zero-order valence-electron chi connectivity index (χ0n) is 13.0. The van der Waals surface area contributed by atoms with Gasteiger partial charge in [-0.3, -0.25) is 0 Å². The van der Waals surface area contributed by atoms with E-state index in [1.165, 1.54) is 5.56 Å². The number of aromatic nitrogens is 2. The van der Waals surface area contributed by atoms with Gasteiger partial charge in [-0.1, -0.05) is 48.0 Å². The fourth-order valence-electron chi connectivity index (χ4n) is 2.86. The van der Waals surface area contributed by atoms with Gasteiger partial charge >= 0.3 is 0 Å². The van der Waals surface area contributed by atoms with Gasteiger partial charge in [-0.15, -0.1) is 0 Å². The average molecular weight is 327 g/mol. The van der Waals surface area contributed by atoms with Gasteiger partial charge in [-0.25, -0.2) is 4.98 Å². The Balaban J connectivity index is 1.95. The molecular formula is C19H19ClN2O. The maximum Gasteiger partial charge on any atom is 0.122 e. The molecule has 0 aliphatic heterocycles. The minimum absolute atomic E-state index is 0.250. The van der Waals surface area contributed by atoms with Crippen LogP contribution in [0, 0.1) is 0 Å². The van der Waals surface area contributed by atoms with Crippen LogP contribution in [0.2, 0.25) is 5.02 Å². The van der Waals surface area contributed by atoms with E-state index in [9.17, 15) is 0 Å². The average Bonchev–Trinajstić information content (AvgIpc) is 3.09. The molecule has 23 heavy (non-hydrogen) atoms. The molecule has 0 bridgehead atoms. The highest BCUT2D eigenvalue weighted by Gasteiger charge is 2.18. The Hall–Kier alpha value is -2.26. The van der Waals surface area contributed by atoms with Crippen molar-refractivity contribution >= 4 is 11.6 Å². The topological polar surface area (TPSA) is 27.1 Å². The van der Waals surface area contributed by atoms with Crippen molar-refractivity contribution in [1.29, 1.82) is 0 Å². The molecular weight excluding hydrogens is 308 g/mol. The Morgan fingerprint density at radius 2 is 1.91 bits per heavy atom. The molecule has 4 heteroatoms. The number of ether oxygens (including phenoxy) is 1. The molecule has 0 aliphatic rings. The summed E-state index contributed by atoms with van der Waals surface area (Å²) in [5.74, 6) is 1.16. The third-order valence-corrected chi connectivity index (χ3v) is 4.36. The molecule has 3 aromatic rings. The Morgan fingerprint density at radius 1 is 1.13 bits per heavy atom. The first kappa shape index (κ1) is 15.6. The number of hydrogen-bond acceptors (Lipinski definition) is 2. The van der Waals surface area contributed by atoms with E-state index in [1.807, 2.05) is 48.9 Å². The predicted octanol–water partition coefficient (Wildman–Crippen LogP) is 4.57. The highest BCUT2D eigenvalue weighted by atomic mass is 35.5. The van der Waals surface area contributed by atoms with Crippen LogP contribution in [0.25, 0.3) is 0 Å². The Morgan fingerprint density at radius 3 is 2.65 bits per heavy atom. The van der Waals surface area contributed by atoms with E-state index in [4.69, 9.17) is 16.3 Å². The number of halogens is 1. The molecule has 1 atom stereocenters. The van der Waals surface area contributed by atoms with Crippen LogP contribution in [-0.4, -0.2) is 16.7 Å². The van der Waals surface area contributed by atoms with Gasteiger partial charge in [0, 0.05) is 29.9 Å². The third kappa shape index (κ3) is 3.74. The first-order valence-corrected chi connectivity index (χ1v) is 7.98. The highest BCUT2D eigenvalue weighted by Crippen LogP contribution is 2.32. The summed E-state index contributed by atoms with van der Waals surface area (Å²) in [6, 6.07) is 16.2. The van der Waals surface area contributed by atoms with E-state index < -0.39 is 0 Å². The maximum atomic E-state index is 6.36. The lowest BCUT2D eigenvalue weighted by atomic mass is 9.91. The second-order valence-electron chi connectivity index (χ2n) is 5.49. The van der Waals surface area contributed by atoms with E-state index in [1.54, 1.807) is 13.3 Å². The quantitative estimate of drug-likeness (QED) is 0.663. The fraction of sp³-hybridized carbons (Fsp3) is 0.211. The van der Waals surface area contributed by atoms with Gasteiger partial charge in [0.1, 0.15) is 5.75 Å². The zero-order valence-corrected chi connectivity index (χ0v) is 13.8. The largest absolute Gasteiger partial charge is 0.496 e. The monoisotopic (exact) mass is 326 g/mol. The number of imidazole rings is 1. The smallest absolute Gasteiger partial charge is 0.122 e. The van der Waals surface area contributed by atoms with E-state index >= 15 is 0 Å². The molecule has 1 unspecified atom stereocenters. The van der Waals surface area contributed by atoms with Gasteiger partial charge in [0.25, 0.3) is 0 Å². The Labute approximate surface area is 141 Å². The Bertz CT molecular complexity index is 756. The van der Waals surface area contributed by atoms with Crippen LogP contribution in [-0.2, 0) is 13.0 Å². The van der Waals surface area contributed by atoms with Gasteiger partial charge in [0.15, 0.2) is 0 Å². The van der Waals surface area contributed by atoms with Gasteiger partial charge < -0.3 is 9.30 Å². The lowest BCUT2D eigenvalue weighted by molar-refractivity contribution is 0.401. The van der Waals surface area contributed by atoms with Gasteiger partial charge in [0.2, 0.25) is 0 Å². The van der Waals surface area contributed by atoms with Gasteiger partial charge in [-0.2, -0.15) is 0 Å². The van der Waals surface area contributed by atoms with Crippen LogP contribution < -0.4 is 4.74 Å². The number of rotatable bonds is 6. The van der Waals surface area contributed by atoms with Crippen LogP contribution in [0.4, 0.5) is 0 Å². The maximum absolute atomic E-state index is 6.36. The van der Waals surface area contributed by atoms with Crippen LogP contribution in [0.1, 0.15) is 17.0 Å². The van der Waals surface area contributed by atoms with Crippen molar-refractivity contribution in [1.82, 2.24) is 9.55 Å². The first-order valence-electron chi connectivity index (χ1n) is 7.60. The van der Waals surface area contributed by atoms with Crippen molar-refractivity contribution < 1.29 is 4.74 Å². The van der Waals surface area contributed by atoms with Crippen LogP contribution in [0.15, 0.2) is 67.3 Å². The van der Waals surface area contributed by atoms with E-state index in [2.05, 4.69) is 21.7 Å². The summed E-state index contributed by atoms with van der Waals surface area (Å²) in [6.45, 7) is 0.825. The van der Waals surface area contributed by atoms with Crippen molar-refractivity contribution in [2.24, 2.45) is 0 Å². The number of nitrogens with zero attached hydrogens (tertiary/aromatic N) is 2. The standard InChI is InChI=1S/C19H19ClN2O/c1-23-19-9-5-3-7-17(19)16(13-22-11-10-21-14-22)12-15-6-2-4-8-18(15)20/h2-11,14,16H,12-13H2,1H3. The normalized spacial score (nSPS) is 12.1. The summed E-state index contributed by atoms with van der Waals surface area (Å²) in [5.41, 5.74) is 2.33. The molecule has 118 valence electrons. The lowest BCUT2D eigenvalue weighted by Crippen LogP contribution is -2.12. The summed E-state index contributed by atoms with van der Waals surface area (Å²) in [4.78, 5) is 4.14.